The lowest BCUT2D eigenvalue weighted by Gasteiger charge is -2.10. The molecule has 158 valence electrons. The number of nitro groups is 1. The van der Waals surface area contributed by atoms with E-state index in [2.05, 4.69) is 4.74 Å². The molecule has 0 unspecified atom stereocenters. The number of hydrogen-bond acceptors (Lipinski definition) is 9. The van der Waals surface area contributed by atoms with Crippen molar-refractivity contribution in [3.63, 3.8) is 0 Å². The maximum absolute atomic E-state index is 12.5. The average molecular weight is 435 g/mol. The van der Waals surface area contributed by atoms with Crippen LogP contribution < -0.4 is 9.47 Å². The monoisotopic (exact) mass is 435 g/mol. The van der Waals surface area contributed by atoms with Gasteiger partial charge >= 0.3 is 11.9 Å². The smallest absolute Gasteiger partial charge is 0.343 e. The van der Waals surface area contributed by atoms with E-state index >= 15 is 0 Å². The van der Waals surface area contributed by atoms with Crippen molar-refractivity contribution >= 4 is 33.5 Å². The molecule has 0 heterocycles. The van der Waals surface area contributed by atoms with Gasteiger partial charge in [-0.3, -0.25) is 10.1 Å². The molecule has 0 amide bonds. The van der Waals surface area contributed by atoms with E-state index in [9.17, 15) is 28.1 Å². The second kappa shape index (κ2) is 9.18. The summed E-state index contributed by atoms with van der Waals surface area (Å²) in [5, 5.41) is 11.1. The number of non-ortho nitro benzene ring substituents is 1. The van der Waals surface area contributed by atoms with Gasteiger partial charge in [-0.05, 0) is 29.8 Å². The van der Waals surface area contributed by atoms with Crippen LogP contribution in [0.25, 0.3) is 6.08 Å². The Hall–Kier alpha value is -3.73. The highest BCUT2D eigenvalue weighted by Crippen LogP contribution is 2.30. The van der Waals surface area contributed by atoms with Gasteiger partial charge in [0.1, 0.15) is 0 Å². The molecule has 0 saturated heterocycles. The molecular formula is C19H17NO9S. The maximum atomic E-state index is 12.5. The van der Waals surface area contributed by atoms with Gasteiger partial charge in [-0.2, -0.15) is 0 Å². The van der Waals surface area contributed by atoms with Gasteiger partial charge in [0.15, 0.2) is 21.3 Å². The second-order valence-electron chi connectivity index (χ2n) is 5.90. The third-order valence-electron chi connectivity index (χ3n) is 3.77. The standard InChI is InChI=1S/C19H17NO9S/c1-27-17-8-12(5-7-18(21)28-2)4-6-16(17)29-19(22)13-9-14(20(23)24)11-15(10-13)30(3,25)26/h4-11H,1-3H3/b7-5+. The molecular weight excluding hydrogens is 418 g/mol. The summed E-state index contributed by atoms with van der Waals surface area (Å²) in [5.74, 6) is -1.44. The highest BCUT2D eigenvalue weighted by atomic mass is 32.2. The molecule has 0 saturated carbocycles. The largest absolute Gasteiger partial charge is 0.493 e. The first-order valence-electron chi connectivity index (χ1n) is 8.21. The van der Waals surface area contributed by atoms with E-state index in [1.54, 1.807) is 0 Å². The third kappa shape index (κ3) is 5.64. The molecule has 0 N–H and O–H groups in total. The Bertz CT molecular complexity index is 1140. The number of benzene rings is 2. The molecule has 0 aromatic heterocycles. The number of nitro benzene ring substituents is 1. The first-order valence-corrected chi connectivity index (χ1v) is 10.1. The molecule has 0 spiro atoms. The number of carbonyl (C=O) groups excluding carboxylic acids is 2. The molecule has 0 aliphatic heterocycles. The molecule has 0 bridgehead atoms. The van der Waals surface area contributed by atoms with Crippen molar-refractivity contribution in [3.8, 4) is 11.5 Å². The Morgan fingerprint density at radius 3 is 2.33 bits per heavy atom. The molecule has 11 heteroatoms. The number of sulfone groups is 1. The average Bonchev–Trinajstić information content (AvgIpc) is 2.71. The maximum Gasteiger partial charge on any atom is 0.343 e. The molecule has 0 aliphatic carbocycles. The van der Waals surface area contributed by atoms with E-state index in [0.717, 1.165) is 24.5 Å². The normalized spacial score (nSPS) is 11.2. The molecule has 2 aromatic carbocycles. The SMILES string of the molecule is COC(=O)/C=C/c1ccc(OC(=O)c2cc([N+](=O)[O-])cc(S(C)(=O)=O)c2)c(OC)c1. The number of hydrogen-bond donors (Lipinski definition) is 0. The second-order valence-corrected chi connectivity index (χ2v) is 7.92. The van der Waals surface area contributed by atoms with Crippen LogP contribution in [0.15, 0.2) is 47.4 Å². The molecule has 0 atom stereocenters. The van der Waals surface area contributed by atoms with Crippen molar-refractivity contribution in [3.05, 3.63) is 63.7 Å². The topological polar surface area (TPSA) is 139 Å². The number of rotatable bonds is 7. The Morgan fingerprint density at radius 1 is 1.07 bits per heavy atom. The zero-order chi connectivity index (χ0) is 22.5. The molecule has 0 fully saturated rings. The van der Waals surface area contributed by atoms with Crippen molar-refractivity contribution in [1.29, 1.82) is 0 Å². The summed E-state index contributed by atoms with van der Waals surface area (Å²) >= 11 is 0. The fourth-order valence-corrected chi connectivity index (χ4v) is 2.96. The predicted octanol–water partition coefficient (Wildman–Crippen LogP) is 2.41. The van der Waals surface area contributed by atoms with Crippen LogP contribution in [0.4, 0.5) is 5.69 Å². The van der Waals surface area contributed by atoms with E-state index in [0.29, 0.717) is 5.56 Å². The minimum Gasteiger partial charge on any atom is -0.493 e. The van der Waals surface area contributed by atoms with Crippen molar-refractivity contribution in [2.45, 2.75) is 4.90 Å². The van der Waals surface area contributed by atoms with Crippen LogP contribution in [0.2, 0.25) is 0 Å². The van der Waals surface area contributed by atoms with Crippen molar-refractivity contribution in [2.24, 2.45) is 0 Å². The summed E-state index contributed by atoms with van der Waals surface area (Å²) in [6.45, 7) is 0. The zero-order valence-electron chi connectivity index (χ0n) is 16.1. The van der Waals surface area contributed by atoms with Crippen LogP contribution in [0.5, 0.6) is 11.5 Å². The molecule has 30 heavy (non-hydrogen) atoms. The predicted molar refractivity (Wildman–Crippen MR) is 105 cm³/mol. The number of esters is 2. The van der Waals surface area contributed by atoms with E-state index in [-0.39, 0.29) is 22.0 Å². The van der Waals surface area contributed by atoms with Crippen LogP contribution in [-0.4, -0.2) is 45.8 Å². The van der Waals surface area contributed by atoms with Crippen molar-refractivity contribution < 1.29 is 37.1 Å². The molecule has 2 aromatic rings. The molecule has 10 nitrogen and oxygen atoms in total. The lowest BCUT2D eigenvalue weighted by Crippen LogP contribution is -2.11. The minimum absolute atomic E-state index is 0.00914. The van der Waals surface area contributed by atoms with Gasteiger partial charge in [-0.1, -0.05) is 6.07 Å². The van der Waals surface area contributed by atoms with E-state index in [1.807, 2.05) is 0 Å². The van der Waals surface area contributed by atoms with Crippen LogP contribution in [0.3, 0.4) is 0 Å². The summed E-state index contributed by atoms with van der Waals surface area (Å²) in [7, 11) is -1.24. The highest BCUT2D eigenvalue weighted by Gasteiger charge is 2.21. The Morgan fingerprint density at radius 2 is 1.77 bits per heavy atom. The van der Waals surface area contributed by atoms with E-state index < -0.39 is 32.4 Å². The van der Waals surface area contributed by atoms with E-state index in [4.69, 9.17) is 9.47 Å². The molecule has 0 radical (unpaired) electrons. The van der Waals surface area contributed by atoms with Gasteiger partial charge in [0.2, 0.25) is 0 Å². The molecule has 2 rings (SSSR count). The minimum atomic E-state index is -3.80. The van der Waals surface area contributed by atoms with Gasteiger partial charge in [0.25, 0.3) is 5.69 Å². The number of nitrogens with zero attached hydrogens (tertiary/aromatic N) is 1. The summed E-state index contributed by atoms with van der Waals surface area (Å²) in [6, 6.07) is 7.16. The highest BCUT2D eigenvalue weighted by molar-refractivity contribution is 7.90. The summed E-state index contributed by atoms with van der Waals surface area (Å²) in [6.07, 6.45) is 3.51. The zero-order valence-corrected chi connectivity index (χ0v) is 17.0. The fourth-order valence-electron chi connectivity index (χ4n) is 2.28. The first-order chi connectivity index (χ1) is 14.0. The van der Waals surface area contributed by atoms with Crippen LogP contribution >= 0.6 is 0 Å². The Labute approximate surface area is 171 Å². The first kappa shape index (κ1) is 22.6. The summed E-state index contributed by atoms with van der Waals surface area (Å²) in [4.78, 5) is 33.6. The van der Waals surface area contributed by atoms with Crippen LogP contribution in [0, 0.1) is 10.1 Å². The third-order valence-corrected chi connectivity index (χ3v) is 4.86. The number of methoxy groups -OCH3 is 2. The van der Waals surface area contributed by atoms with Gasteiger partial charge < -0.3 is 14.2 Å². The number of ether oxygens (including phenoxy) is 3. The van der Waals surface area contributed by atoms with Gasteiger partial charge in [0.05, 0.1) is 29.6 Å². The van der Waals surface area contributed by atoms with Crippen LogP contribution in [0.1, 0.15) is 15.9 Å². The van der Waals surface area contributed by atoms with Gasteiger partial charge in [-0.25, -0.2) is 18.0 Å². The summed E-state index contributed by atoms with van der Waals surface area (Å²) < 4.78 is 38.4. The van der Waals surface area contributed by atoms with Crippen molar-refractivity contribution in [1.82, 2.24) is 0 Å². The lowest BCUT2D eigenvalue weighted by molar-refractivity contribution is -0.385. The van der Waals surface area contributed by atoms with Crippen LogP contribution in [-0.2, 0) is 19.4 Å². The van der Waals surface area contributed by atoms with Crippen molar-refractivity contribution in [2.75, 3.05) is 20.5 Å². The fraction of sp³-hybridized carbons (Fsp3) is 0.158. The summed E-state index contributed by atoms with van der Waals surface area (Å²) in [5.41, 5.74) is -0.340. The van der Waals surface area contributed by atoms with Gasteiger partial charge in [-0.15, -0.1) is 0 Å². The lowest BCUT2D eigenvalue weighted by atomic mass is 10.1. The van der Waals surface area contributed by atoms with Gasteiger partial charge in [0, 0.05) is 24.5 Å². The molecule has 0 aliphatic rings. The van der Waals surface area contributed by atoms with E-state index in [1.165, 1.54) is 44.6 Å². The number of carbonyl (C=O) groups is 2. The Kier molecular flexibility index (Phi) is 6.90. The Balaban J connectivity index is 2.37. The quantitative estimate of drug-likeness (QED) is 0.211.